The lowest BCUT2D eigenvalue weighted by Gasteiger charge is -2.40. The molecule has 0 aliphatic heterocycles. The zero-order valence-corrected chi connectivity index (χ0v) is 15.0. The topological polar surface area (TPSA) is 54.9 Å². The van der Waals surface area contributed by atoms with E-state index in [-0.39, 0.29) is 17.0 Å². The highest BCUT2D eigenvalue weighted by atomic mass is 32.5. The number of aromatic nitrogens is 2. The van der Waals surface area contributed by atoms with E-state index >= 15 is 0 Å². The van der Waals surface area contributed by atoms with Crippen molar-refractivity contribution in [1.82, 2.24) is 9.97 Å². The molecule has 11 heteroatoms. The second-order valence-corrected chi connectivity index (χ2v) is 9.01. The summed E-state index contributed by atoms with van der Waals surface area (Å²) in [5.74, 6) is -0.814. The first-order chi connectivity index (χ1) is 12.4. The molecule has 0 spiro atoms. The Balaban J connectivity index is 1.79. The monoisotopic (exact) mass is 421 g/mol. The van der Waals surface area contributed by atoms with Gasteiger partial charge in [0.1, 0.15) is 4.90 Å². The minimum absolute atomic E-state index is 0.0306. The molecule has 27 heavy (non-hydrogen) atoms. The molecule has 0 unspecified atom stereocenters. The Hall–Kier alpha value is -2.53. The van der Waals surface area contributed by atoms with Gasteiger partial charge in [0.05, 0.1) is 11.1 Å². The standard InChI is InChI=1S/C16H12F5N3OS2/c17-27(18,19,20,21)13-5-1-4-12(7-13)15(25)14-10-24-16(26-14)23-9-11-3-2-6-22-8-11/h1-8,10H,9H2,(H,23,24). The van der Waals surface area contributed by atoms with Gasteiger partial charge in [-0.1, -0.05) is 49.0 Å². The van der Waals surface area contributed by atoms with E-state index in [0.29, 0.717) is 11.7 Å². The lowest BCUT2D eigenvalue weighted by molar-refractivity contribution is 0.104. The molecule has 0 aliphatic carbocycles. The average molecular weight is 421 g/mol. The third kappa shape index (κ3) is 4.80. The zero-order chi connectivity index (χ0) is 19.8. The van der Waals surface area contributed by atoms with E-state index in [1.165, 1.54) is 6.20 Å². The van der Waals surface area contributed by atoms with Gasteiger partial charge >= 0.3 is 10.2 Å². The molecule has 4 nitrogen and oxygen atoms in total. The number of halogens is 5. The molecule has 144 valence electrons. The lowest BCUT2D eigenvalue weighted by Crippen LogP contribution is -2.08. The van der Waals surface area contributed by atoms with Gasteiger partial charge in [-0.2, -0.15) is 0 Å². The summed E-state index contributed by atoms with van der Waals surface area (Å²) in [6.07, 6.45) is 4.44. The first-order valence-electron chi connectivity index (χ1n) is 7.40. The van der Waals surface area contributed by atoms with E-state index in [9.17, 15) is 24.2 Å². The van der Waals surface area contributed by atoms with Gasteiger partial charge in [0.15, 0.2) is 5.13 Å². The molecule has 0 aliphatic rings. The molecule has 0 saturated heterocycles. The number of carbonyl (C=O) groups is 1. The van der Waals surface area contributed by atoms with Crippen LogP contribution in [0.4, 0.5) is 24.6 Å². The molecular weight excluding hydrogens is 409 g/mol. The Morgan fingerprint density at radius 3 is 2.52 bits per heavy atom. The van der Waals surface area contributed by atoms with Crippen LogP contribution in [0.5, 0.6) is 0 Å². The Labute approximate surface area is 154 Å². The van der Waals surface area contributed by atoms with E-state index < -0.39 is 26.5 Å². The van der Waals surface area contributed by atoms with E-state index in [1.54, 1.807) is 18.5 Å². The normalized spacial score (nSPS) is 14.3. The predicted octanol–water partition coefficient (Wildman–Crippen LogP) is 6.04. The van der Waals surface area contributed by atoms with Crippen LogP contribution in [-0.4, -0.2) is 15.8 Å². The van der Waals surface area contributed by atoms with Gasteiger partial charge in [0.25, 0.3) is 0 Å². The number of anilines is 1. The second-order valence-electron chi connectivity index (χ2n) is 5.57. The number of thiazole rings is 1. The van der Waals surface area contributed by atoms with Crippen LogP contribution in [0.2, 0.25) is 0 Å². The van der Waals surface area contributed by atoms with Crippen molar-refractivity contribution >= 4 is 32.5 Å². The fourth-order valence-corrected chi connectivity index (χ4v) is 3.62. The van der Waals surface area contributed by atoms with Crippen molar-refractivity contribution in [2.24, 2.45) is 0 Å². The van der Waals surface area contributed by atoms with Crippen LogP contribution in [0.25, 0.3) is 0 Å². The number of nitrogens with one attached hydrogen (secondary N) is 1. The molecule has 3 aromatic rings. The summed E-state index contributed by atoms with van der Waals surface area (Å²) < 4.78 is 64.6. The summed E-state index contributed by atoms with van der Waals surface area (Å²) in [5, 5.41) is 3.32. The van der Waals surface area contributed by atoms with Crippen molar-refractivity contribution in [3.8, 4) is 0 Å². The van der Waals surface area contributed by atoms with Gasteiger partial charge in [-0.25, -0.2) is 4.98 Å². The number of benzene rings is 1. The number of hydrogen-bond donors (Lipinski definition) is 1. The van der Waals surface area contributed by atoms with Crippen LogP contribution in [0.15, 0.2) is 59.9 Å². The highest BCUT2D eigenvalue weighted by Crippen LogP contribution is 3.02. The molecular formula is C16H12F5N3OS2. The van der Waals surface area contributed by atoms with Gasteiger partial charge in [-0.05, 0) is 23.8 Å². The number of hydrogen-bond acceptors (Lipinski definition) is 5. The van der Waals surface area contributed by atoms with Gasteiger partial charge in [0, 0.05) is 24.5 Å². The molecule has 0 amide bonds. The lowest BCUT2D eigenvalue weighted by atomic mass is 10.1. The van der Waals surface area contributed by atoms with E-state index in [4.69, 9.17) is 0 Å². The maximum Gasteiger partial charge on any atom is 0.310 e. The molecule has 0 fully saturated rings. The molecule has 2 aromatic heterocycles. The first-order valence-corrected chi connectivity index (χ1v) is 10.2. The van der Waals surface area contributed by atoms with E-state index in [0.717, 1.165) is 29.0 Å². The largest absolute Gasteiger partial charge is 0.357 e. The van der Waals surface area contributed by atoms with Crippen molar-refractivity contribution in [2.45, 2.75) is 11.4 Å². The van der Waals surface area contributed by atoms with Crippen LogP contribution in [-0.2, 0) is 6.54 Å². The summed E-state index contributed by atoms with van der Waals surface area (Å²) >= 11 is 0.915. The molecule has 3 rings (SSSR count). The maximum atomic E-state index is 12.9. The number of pyridine rings is 1. The zero-order valence-electron chi connectivity index (χ0n) is 13.4. The van der Waals surface area contributed by atoms with Gasteiger partial charge in [-0.3, -0.25) is 9.78 Å². The molecule has 0 saturated carbocycles. The van der Waals surface area contributed by atoms with Crippen LogP contribution in [0.3, 0.4) is 0 Å². The quantitative estimate of drug-likeness (QED) is 0.390. The Bertz CT molecular complexity index is 991. The van der Waals surface area contributed by atoms with Gasteiger partial charge in [-0.15, -0.1) is 0 Å². The maximum absolute atomic E-state index is 12.9. The minimum Gasteiger partial charge on any atom is -0.357 e. The third-order valence-electron chi connectivity index (χ3n) is 3.44. The van der Waals surface area contributed by atoms with Crippen LogP contribution >= 0.6 is 21.6 Å². The minimum atomic E-state index is -9.85. The summed E-state index contributed by atoms with van der Waals surface area (Å²) in [6.45, 7) is 0.384. The molecule has 2 heterocycles. The molecule has 0 radical (unpaired) electrons. The van der Waals surface area contributed by atoms with Crippen molar-refractivity contribution in [1.29, 1.82) is 0 Å². The molecule has 0 bridgehead atoms. The highest BCUT2D eigenvalue weighted by molar-refractivity contribution is 8.45. The summed E-state index contributed by atoms with van der Waals surface area (Å²) in [4.78, 5) is 18.2. The summed E-state index contributed by atoms with van der Waals surface area (Å²) in [7, 11) is -9.85. The average Bonchev–Trinajstić information content (AvgIpc) is 3.07. The Morgan fingerprint density at radius 2 is 1.85 bits per heavy atom. The van der Waals surface area contributed by atoms with E-state index in [2.05, 4.69) is 15.3 Å². The first kappa shape index (κ1) is 19.2. The molecule has 0 atom stereocenters. The smallest absolute Gasteiger partial charge is 0.310 e. The van der Waals surface area contributed by atoms with Gasteiger partial charge in [0.2, 0.25) is 5.78 Å². The predicted molar refractivity (Wildman–Crippen MR) is 94.9 cm³/mol. The molecule has 1 N–H and O–H groups in total. The highest BCUT2D eigenvalue weighted by Gasteiger charge is 2.65. The van der Waals surface area contributed by atoms with Crippen LogP contribution in [0.1, 0.15) is 20.8 Å². The molecule has 1 aromatic carbocycles. The SMILES string of the molecule is O=C(c1cccc(S(F)(F)(F)(F)F)c1)c1cnc(NCc2cccnc2)s1. The summed E-state index contributed by atoms with van der Waals surface area (Å²) in [6, 6.07) is 5.84. The Kier molecular flexibility index (Phi) is 4.27. The number of ketones is 1. The van der Waals surface area contributed by atoms with Crippen molar-refractivity contribution < 1.29 is 24.2 Å². The van der Waals surface area contributed by atoms with Crippen LogP contribution < -0.4 is 5.32 Å². The Morgan fingerprint density at radius 1 is 1.07 bits per heavy atom. The van der Waals surface area contributed by atoms with Crippen molar-refractivity contribution in [2.75, 3.05) is 5.32 Å². The third-order valence-corrected chi connectivity index (χ3v) is 5.54. The fraction of sp³-hybridized carbons (Fsp3) is 0.0625. The second kappa shape index (κ2) is 5.99. The number of carbonyl (C=O) groups excluding carboxylic acids is 1. The number of rotatable bonds is 6. The van der Waals surface area contributed by atoms with E-state index in [1.807, 2.05) is 6.07 Å². The van der Waals surface area contributed by atoms with Gasteiger partial charge < -0.3 is 5.32 Å². The van der Waals surface area contributed by atoms with Crippen molar-refractivity contribution in [3.63, 3.8) is 0 Å². The fourth-order valence-electron chi connectivity index (χ4n) is 2.16. The number of nitrogens with zero attached hydrogens (tertiary/aromatic N) is 2. The summed E-state index contributed by atoms with van der Waals surface area (Å²) in [5.41, 5.74) is 0.382. The van der Waals surface area contributed by atoms with Crippen LogP contribution in [0, 0.1) is 0 Å². The van der Waals surface area contributed by atoms with Crippen molar-refractivity contribution in [3.05, 3.63) is 71.0 Å².